The van der Waals surface area contributed by atoms with E-state index in [9.17, 15) is 16.8 Å². The Morgan fingerprint density at radius 1 is 0.767 bits per heavy atom. The lowest BCUT2D eigenvalue weighted by Crippen LogP contribution is -2.16. The Bertz CT molecular complexity index is 1260. The second kappa shape index (κ2) is 8.55. The highest BCUT2D eigenvalue weighted by molar-refractivity contribution is 7.93. The molecule has 30 heavy (non-hydrogen) atoms. The summed E-state index contributed by atoms with van der Waals surface area (Å²) in [7, 11) is -6.38. The van der Waals surface area contributed by atoms with Gasteiger partial charge < -0.3 is 4.74 Å². The normalized spacial score (nSPS) is 11.7. The fourth-order valence-corrected chi connectivity index (χ4v) is 4.90. The van der Waals surface area contributed by atoms with Crippen molar-refractivity contribution in [1.82, 2.24) is 0 Å². The fraction of sp³-hybridized carbons (Fsp3) is 0.100. The van der Waals surface area contributed by atoms with E-state index in [2.05, 4.69) is 9.44 Å². The van der Waals surface area contributed by atoms with Gasteiger partial charge in [0, 0.05) is 10.7 Å². The number of methoxy groups -OCH3 is 1. The van der Waals surface area contributed by atoms with Gasteiger partial charge in [-0.3, -0.25) is 9.44 Å². The first kappa shape index (κ1) is 21.9. The lowest BCUT2D eigenvalue weighted by molar-refractivity contribution is 0.414. The zero-order valence-corrected chi connectivity index (χ0v) is 18.5. The molecule has 0 atom stereocenters. The number of ether oxygens (including phenoxy) is 1. The molecule has 0 aliphatic carbocycles. The first-order valence-electron chi connectivity index (χ1n) is 8.67. The molecule has 0 bridgehead atoms. The van der Waals surface area contributed by atoms with Gasteiger partial charge in [0.25, 0.3) is 20.0 Å². The largest absolute Gasteiger partial charge is 0.497 e. The molecule has 0 heterocycles. The van der Waals surface area contributed by atoms with Gasteiger partial charge in [0.2, 0.25) is 0 Å². The summed E-state index contributed by atoms with van der Waals surface area (Å²) in [6, 6.07) is 16.2. The van der Waals surface area contributed by atoms with Gasteiger partial charge in [-0.05, 0) is 73.2 Å². The highest BCUT2D eigenvalue weighted by Gasteiger charge is 2.19. The lowest BCUT2D eigenvalue weighted by atomic mass is 10.2. The quantitative estimate of drug-likeness (QED) is 0.541. The molecule has 158 valence electrons. The van der Waals surface area contributed by atoms with Crippen molar-refractivity contribution in [3.05, 3.63) is 77.3 Å². The monoisotopic (exact) mass is 466 g/mol. The summed E-state index contributed by atoms with van der Waals surface area (Å²) in [5.41, 5.74) is 1.06. The van der Waals surface area contributed by atoms with Crippen molar-refractivity contribution in [3.63, 3.8) is 0 Å². The van der Waals surface area contributed by atoms with E-state index >= 15 is 0 Å². The van der Waals surface area contributed by atoms with Crippen molar-refractivity contribution in [1.29, 1.82) is 0 Å². The van der Waals surface area contributed by atoms with Gasteiger partial charge in [-0.1, -0.05) is 17.7 Å². The Balaban J connectivity index is 1.89. The van der Waals surface area contributed by atoms with Crippen molar-refractivity contribution in [3.8, 4) is 5.75 Å². The fourth-order valence-electron chi connectivity index (χ4n) is 2.57. The zero-order chi connectivity index (χ0) is 21.9. The third-order valence-corrected chi connectivity index (χ3v) is 7.24. The number of aryl methyl sites for hydroxylation is 1. The molecule has 0 saturated carbocycles. The molecule has 3 aromatic carbocycles. The zero-order valence-electron chi connectivity index (χ0n) is 16.1. The third kappa shape index (κ3) is 5.05. The Morgan fingerprint density at radius 3 is 1.93 bits per heavy atom. The molecule has 7 nitrogen and oxygen atoms in total. The van der Waals surface area contributed by atoms with Crippen LogP contribution < -0.4 is 14.2 Å². The lowest BCUT2D eigenvalue weighted by Gasteiger charge is -2.14. The summed E-state index contributed by atoms with van der Waals surface area (Å²) in [6.45, 7) is 1.68. The minimum absolute atomic E-state index is 0.0234. The Kier molecular flexibility index (Phi) is 6.25. The Morgan fingerprint density at radius 2 is 1.33 bits per heavy atom. The van der Waals surface area contributed by atoms with Gasteiger partial charge in [0.1, 0.15) is 5.75 Å². The molecule has 0 radical (unpaired) electrons. The molecule has 2 N–H and O–H groups in total. The maximum absolute atomic E-state index is 12.7. The molecule has 0 saturated heterocycles. The van der Waals surface area contributed by atoms with Crippen LogP contribution in [0.15, 0.2) is 76.5 Å². The minimum Gasteiger partial charge on any atom is -0.497 e. The van der Waals surface area contributed by atoms with E-state index in [1.165, 1.54) is 61.7 Å². The number of halogens is 1. The van der Waals surface area contributed by atoms with Crippen LogP contribution in [0.2, 0.25) is 5.02 Å². The third-order valence-electron chi connectivity index (χ3n) is 4.23. The van der Waals surface area contributed by atoms with Crippen molar-refractivity contribution in [2.24, 2.45) is 0 Å². The maximum atomic E-state index is 12.7. The number of anilines is 2. The number of sulfonamides is 2. The van der Waals surface area contributed by atoms with Gasteiger partial charge in [-0.2, -0.15) is 0 Å². The molecule has 0 amide bonds. The molecule has 0 fully saturated rings. The molecule has 0 aliphatic rings. The van der Waals surface area contributed by atoms with E-state index in [4.69, 9.17) is 16.3 Å². The number of hydrogen-bond acceptors (Lipinski definition) is 5. The van der Waals surface area contributed by atoms with Crippen molar-refractivity contribution in [2.45, 2.75) is 16.7 Å². The van der Waals surface area contributed by atoms with E-state index in [1.807, 2.05) is 0 Å². The van der Waals surface area contributed by atoms with Gasteiger partial charge in [0.15, 0.2) is 0 Å². The molecular formula is C20H19ClN2O5S2. The summed E-state index contributed by atoms with van der Waals surface area (Å²) in [5, 5.41) is 0.475. The van der Waals surface area contributed by atoms with Crippen LogP contribution in [-0.2, 0) is 20.0 Å². The smallest absolute Gasteiger partial charge is 0.261 e. The average molecular weight is 467 g/mol. The predicted molar refractivity (Wildman–Crippen MR) is 117 cm³/mol. The van der Waals surface area contributed by atoms with E-state index in [0.717, 1.165) is 0 Å². The molecule has 0 spiro atoms. The van der Waals surface area contributed by atoms with E-state index < -0.39 is 20.0 Å². The number of benzene rings is 3. The summed E-state index contributed by atoms with van der Waals surface area (Å²) in [5.74, 6) is 0.520. The first-order valence-corrected chi connectivity index (χ1v) is 12.0. The highest BCUT2D eigenvalue weighted by atomic mass is 35.5. The van der Waals surface area contributed by atoms with Crippen LogP contribution in [0.4, 0.5) is 11.4 Å². The van der Waals surface area contributed by atoms with Crippen LogP contribution in [0, 0.1) is 6.92 Å². The van der Waals surface area contributed by atoms with Gasteiger partial charge in [-0.25, -0.2) is 16.8 Å². The number of nitrogens with one attached hydrogen (secondary N) is 2. The van der Waals surface area contributed by atoms with Crippen LogP contribution >= 0.6 is 11.6 Å². The van der Waals surface area contributed by atoms with Crippen LogP contribution in [0.1, 0.15) is 5.56 Å². The van der Waals surface area contributed by atoms with Crippen molar-refractivity contribution in [2.75, 3.05) is 16.6 Å². The molecule has 3 aromatic rings. The van der Waals surface area contributed by atoms with Crippen molar-refractivity contribution >= 4 is 43.0 Å². The second-order valence-electron chi connectivity index (χ2n) is 6.37. The van der Waals surface area contributed by atoms with Crippen LogP contribution in [0.3, 0.4) is 0 Å². The standard InChI is InChI=1S/C20H19ClN2O5S2/c1-14-3-10-19(30(26,27)22-16-6-4-15(21)5-7-16)13-20(14)23-29(24,25)18-11-8-17(28-2)9-12-18/h3-13,22-23H,1-2H3. The molecule has 0 unspecified atom stereocenters. The van der Waals surface area contributed by atoms with E-state index in [1.54, 1.807) is 19.1 Å². The molecule has 0 aliphatic heterocycles. The van der Waals surface area contributed by atoms with Crippen molar-refractivity contribution < 1.29 is 21.6 Å². The molecule has 3 rings (SSSR count). The second-order valence-corrected chi connectivity index (χ2v) is 10.2. The van der Waals surface area contributed by atoms with E-state index in [-0.39, 0.29) is 15.5 Å². The predicted octanol–water partition coefficient (Wildman–Crippen LogP) is 4.26. The Hall–Kier alpha value is -2.75. The molecule has 10 heteroatoms. The molecular weight excluding hydrogens is 448 g/mol. The molecule has 0 aromatic heterocycles. The van der Waals surface area contributed by atoms with Gasteiger partial charge in [0.05, 0.1) is 22.6 Å². The Labute approximate surface area is 180 Å². The van der Waals surface area contributed by atoms with Gasteiger partial charge in [-0.15, -0.1) is 0 Å². The number of rotatable bonds is 7. The SMILES string of the molecule is COc1ccc(S(=O)(=O)Nc2cc(S(=O)(=O)Nc3ccc(Cl)cc3)ccc2C)cc1. The van der Waals surface area contributed by atoms with Gasteiger partial charge >= 0.3 is 0 Å². The highest BCUT2D eigenvalue weighted by Crippen LogP contribution is 2.26. The van der Waals surface area contributed by atoms with Crippen LogP contribution in [0.5, 0.6) is 5.75 Å². The summed E-state index contributed by atoms with van der Waals surface area (Å²) >= 11 is 5.82. The van der Waals surface area contributed by atoms with E-state index in [0.29, 0.717) is 22.0 Å². The average Bonchev–Trinajstić information content (AvgIpc) is 2.71. The summed E-state index contributed by atoms with van der Waals surface area (Å²) in [6.07, 6.45) is 0. The number of hydrogen-bond donors (Lipinski definition) is 2. The first-order chi connectivity index (χ1) is 14.1. The minimum atomic E-state index is -3.94. The van der Waals surface area contributed by atoms with Crippen LogP contribution in [0.25, 0.3) is 0 Å². The summed E-state index contributed by atoms with van der Waals surface area (Å²) in [4.78, 5) is -0.0641. The summed E-state index contributed by atoms with van der Waals surface area (Å²) < 4.78 is 60.8. The van der Waals surface area contributed by atoms with Crippen LogP contribution in [-0.4, -0.2) is 23.9 Å². The topological polar surface area (TPSA) is 102 Å². The maximum Gasteiger partial charge on any atom is 0.261 e.